The first-order chi connectivity index (χ1) is 16.1. The minimum atomic E-state index is -0.485. The van der Waals surface area contributed by atoms with Crippen molar-refractivity contribution in [3.8, 4) is 0 Å². The molecule has 4 aromatic rings. The second-order valence-electron chi connectivity index (χ2n) is 7.19. The van der Waals surface area contributed by atoms with Gasteiger partial charge in [-0.3, -0.25) is 4.79 Å². The Hall–Kier alpha value is -3.85. The Morgan fingerprint density at radius 3 is 2.64 bits per heavy atom. The number of carbonyl (C=O) groups is 2. The number of carbonyl (C=O) groups excluding carboxylic acids is 2. The van der Waals surface area contributed by atoms with E-state index in [0.717, 1.165) is 16.3 Å². The average Bonchev–Trinajstić information content (AvgIpc) is 3.17. The van der Waals surface area contributed by atoms with Crippen LogP contribution >= 0.6 is 11.8 Å². The number of esters is 1. The normalized spacial score (nSPS) is 10.8. The molecule has 0 spiro atoms. The Labute approximate surface area is 195 Å². The van der Waals surface area contributed by atoms with Crippen LogP contribution in [0, 0.1) is 0 Å². The van der Waals surface area contributed by atoms with Gasteiger partial charge in [0.2, 0.25) is 11.1 Å². The molecular formula is C24H23N5O3S. The number of nitrogen functional groups attached to an aromatic ring is 1. The van der Waals surface area contributed by atoms with Gasteiger partial charge in [-0.05, 0) is 35.4 Å². The Morgan fingerprint density at radius 2 is 1.79 bits per heavy atom. The number of amides is 1. The van der Waals surface area contributed by atoms with Crippen molar-refractivity contribution in [1.29, 1.82) is 0 Å². The Bertz CT molecular complexity index is 1300. The Kier molecular flexibility index (Phi) is 6.89. The Balaban J connectivity index is 1.41. The van der Waals surface area contributed by atoms with Gasteiger partial charge < -0.3 is 15.9 Å². The number of aromatic nitrogens is 3. The van der Waals surface area contributed by atoms with Gasteiger partial charge in [0.1, 0.15) is 0 Å². The molecule has 0 atom stereocenters. The van der Waals surface area contributed by atoms with Crippen molar-refractivity contribution in [2.75, 3.05) is 23.5 Å². The van der Waals surface area contributed by atoms with Gasteiger partial charge in [-0.25, -0.2) is 9.47 Å². The summed E-state index contributed by atoms with van der Waals surface area (Å²) in [6, 6.07) is 20.9. The quantitative estimate of drug-likeness (QED) is 0.234. The fraction of sp³-hybridized carbons (Fsp3) is 0.167. The molecule has 3 aromatic carbocycles. The highest BCUT2D eigenvalue weighted by molar-refractivity contribution is 7.99. The molecule has 3 N–H and O–H groups in total. The van der Waals surface area contributed by atoms with E-state index in [0.29, 0.717) is 28.7 Å². The number of hydrogen-bond acceptors (Lipinski definition) is 7. The summed E-state index contributed by atoms with van der Waals surface area (Å²) in [5.41, 5.74) is 1.79. The number of thioether (sulfide) groups is 1. The molecule has 0 fully saturated rings. The molecule has 0 aliphatic rings. The molecule has 0 radical (unpaired) electrons. The number of fused-ring (bicyclic) bond motifs is 1. The number of hydrogen-bond donors (Lipinski definition) is 2. The fourth-order valence-corrected chi connectivity index (χ4v) is 4.11. The molecule has 33 heavy (non-hydrogen) atoms. The summed E-state index contributed by atoms with van der Waals surface area (Å²) >= 11 is 1.17. The molecule has 4 rings (SSSR count). The molecule has 9 heteroatoms. The summed E-state index contributed by atoms with van der Waals surface area (Å²) in [5.74, 6) is 6.08. The van der Waals surface area contributed by atoms with Gasteiger partial charge in [-0.2, -0.15) is 0 Å². The van der Waals surface area contributed by atoms with E-state index in [1.807, 2.05) is 24.3 Å². The summed E-state index contributed by atoms with van der Waals surface area (Å²) in [7, 11) is 0. The van der Waals surface area contributed by atoms with Gasteiger partial charge in [0.25, 0.3) is 0 Å². The van der Waals surface area contributed by atoms with E-state index in [1.165, 1.54) is 16.4 Å². The maximum Gasteiger partial charge on any atom is 0.340 e. The highest BCUT2D eigenvalue weighted by atomic mass is 32.2. The maximum atomic E-state index is 12.5. The predicted molar refractivity (Wildman–Crippen MR) is 129 cm³/mol. The monoisotopic (exact) mass is 461 g/mol. The number of ether oxygens (including phenoxy) is 1. The zero-order chi connectivity index (χ0) is 23.2. The molecule has 8 nitrogen and oxygen atoms in total. The standard InChI is InChI=1S/C24H23N5O3S/c1-2-32-23(31)19-12-5-6-13-20(19)26-22(30)15-33-24-28-27-21(29(24)25)14-17-10-7-9-16-8-3-4-11-18(16)17/h3-13H,2,14-15,25H2,1H3,(H,26,30). The van der Waals surface area contributed by atoms with Crippen molar-refractivity contribution in [2.24, 2.45) is 0 Å². The molecule has 0 saturated carbocycles. The van der Waals surface area contributed by atoms with Crippen LogP contribution in [-0.2, 0) is 16.0 Å². The van der Waals surface area contributed by atoms with Crippen molar-refractivity contribution in [2.45, 2.75) is 18.5 Å². The van der Waals surface area contributed by atoms with Crippen LogP contribution in [0.2, 0.25) is 0 Å². The number of para-hydroxylation sites is 1. The first-order valence-electron chi connectivity index (χ1n) is 10.4. The van der Waals surface area contributed by atoms with Crippen molar-refractivity contribution in [3.63, 3.8) is 0 Å². The molecule has 0 aliphatic heterocycles. The van der Waals surface area contributed by atoms with E-state index < -0.39 is 5.97 Å². The van der Waals surface area contributed by atoms with Crippen LogP contribution in [0.1, 0.15) is 28.7 Å². The van der Waals surface area contributed by atoms with E-state index in [9.17, 15) is 9.59 Å². The largest absolute Gasteiger partial charge is 0.462 e. The fourth-order valence-electron chi connectivity index (χ4n) is 3.44. The SMILES string of the molecule is CCOC(=O)c1ccccc1NC(=O)CSc1nnc(Cc2cccc3ccccc23)n1N. The summed E-state index contributed by atoms with van der Waals surface area (Å²) in [6.07, 6.45) is 0.518. The lowest BCUT2D eigenvalue weighted by molar-refractivity contribution is -0.113. The van der Waals surface area contributed by atoms with Crippen molar-refractivity contribution in [1.82, 2.24) is 14.9 Å². The number of nitrogens with two attached hydrogens (primary N) is 1. The summed E-state index contributed by atoms with van der Waals surface area (Å²) < 4.78 is 6.45. The van der Waals surface area contributed by atoms with Crippen LogP contribution < -0.4 is 11.2 Å². The van der Waals surface area contributed by atoms with Crippen LogP contribution in [0.4, 0.5) is 5.69 Å². The van der Waals surface area contributed by atoms with Crippen LogP contribution in [0.15, 0.2) is 71.9 Å². The number of benzene rings is 3. The molecule has 168 valence electrons. The van der Waals surface area contributed by atoms with Gasteiger partial charge in [-0.15, -0.1) is 10.2 Å². The summed E-state index contributed by atoms with van der Waals surface area (Å²) in [6.45, 7) is 1.98. The van der Waals surface area contributed by atoms with E-state index >= 15 is 0 Å². The lowest BCUT2D eigenvalue weighted by atomic mass is 10.0. The maximum absolute atomic E-state index is 12.5. The third-order valence-electron chi connectivity index (χ3n) is 4.99. The molecule has 1 aromatic heterocycles. The van der Waals surface area contributed by atoms with Gasteiger partial charge in [0.05, 0.1) is 23.6 Å². The van der Waals surface area contributed by atoms with E-state index in [-0.39, 0.29) is 18.3 Å². The van der Waals surface area contributed by atoms with E-state index in [2.05, 4.69) is 33.7 Å². The highest BCUT2D eigenvalue weighted by Crippen LogP contribution is 2.23. The zero-order valence-corrected chi connectivity index (χ0v) is 18.8. The third-order valence-corrected chi connectivity index (χ3v) is 5.94. The first-order valence-corrected chi connectivity index (χ1v) is 11.4. The lowest BCUT2D eigenvalue weighted by Gasteiger charge is -2.10. The lowest BCUT2D eigenvalue weighted by Crippen LogP contribution is -2.19. The predicted octanol–water partition coefficient (Wildman–Crippen LogP) is 3.64. The second-order valence-corrected chi connectivity index (χ2v) is 8.13. The van der Waals surface area contributed by atoms with Crippen LogP contribution in [0.3, 0.4) is 0 Å². The topological polar surface area (TPSA) is 112 Å². The first kappa shape index (κ1) is 22.3. The molecule has 1 amide bonds. The average molecular weight is 462 g/mol. The number of nitrogens with one attached hydrogen (secondary N) is 1. The van der Waals surface area contributed by atoms with E-state index in [4.69, 9.17) is 10.6 Å². The Morgan fingerprint density at radius 1 is 1.03 bits per heavy atom. The highest BCUT2D eigenvalue weighted by Gasteiger charge is 2.16. The van der Waals surface area contributed by atoms with Crippen molar-refractivity contribution in [3.05, 3.63) is 83.7 Å². The summed E-state index contributed by atoms with van der Waals surface area (Å²) in [4.78, 5) is 24.6. The van der Waals surface area contributed by atoms with Crippen LogP contribution in [0.25, 0.3) is 10.8 Å². The minimum Gasteiger partial charge on any atom is -0.462 e. The van der Waals surface area contributed by atoms with Crippen molar-refractivity contribution < 1.29 is 14.3 Å². The number of anilines is 1. The smallest absolute Gasteiger partial charge is 0.340 e. The van der Waals surface area contributed by atoms with Gasteiger partial charge in [0, 0.05) is 6.42 Å². The van der Waals surface area contributed by atoms with Gasteiger partial charge in [0.15, 0.2) is 5.82 Å². The van der Waals surface area contributed by atoms with Crippen LogP contribution in [-0.4, -0.2) is 39.1 Å². The zero-order valence-electron chi connectivity index (χ0n) is 18.0. The molecule has 0 saturated heterocycles. The molecule has 1 heterocycles. The van der Waals surface area contributed by atoms with E-state index in [1.54, 1.807) is 31.2 Å². The molecular weight excluding hydrogens is 438 g/mol. The number of rotatable bonds is 8. The number of nitrogens with zero attached hydrogens (tertiary/aromatic N) is 3. The van der Waals surface area contributed by atoms with Gasteiger partial charge in [-0.1, -0.05) is 66.4 Å². The second kappa shape index (κ2) is 10.2. The molecule has 0 aliphatic carbocycles. The van der Waals surface area contributed by atoms with Crippen LogP contribution in [0.5, 0.6) is 0 Å². The third kappa shape index (κ3) is 5.15. The van der Waals surface area contributed by atoms with Crippen molar-refractivity contribution >= 4 is 40.1 Å². The molecule has 0 bridgehead atoms. The molecule has 0 unspecified atom stereocenters. The summed E-state index contributed by atoms with van der Waals surface area (Å²) in [5, 5.41) is 13.8. The minimum absolute atomic E-state index is 0.0563. The van der Waals surface area contributed by atoms with Gasteiger partial charge >= 0.3 is 5.97 Å².